The molecular weight excluding hydrogens is 264 g/mol. The van der Waals surface area contributed by atoms with Crippen molar-refractivity contribution in [3.05, 3.63) is 59.7 Å². The van der Waals surface area contributed by atoms with Crippen molar-refractivity contribution in [2.75, 3.05) is 0 Å². The Morgan fingerprint density at radius 1 is 1.33 bits per heavy atom. The van der Waals surface area contributed by atoms with E-state index in [9.17, 15) is 4.79 Å². The lowest BCUT2D eigenvalue weighted by molar-refractivity contribution is -0.116. The van der Waals surface area contributed by atoms with Gasteiger partial charge in [-0.2, -0.15) is 0 Å². The van der Waals surface area contributed by atoms with Gasteiger partial charge in [0.25, 0.3) is 0 Å². The zero-order valence-electron chi connectivity index (χ0n) is 12.4. The number of allylic oxidation sites excluding steroid dienone is 1. The number of aryl methyl sites for hydroxylation is 2. The molecule has 0 spiro atoms. The predicted molar refractivity (Wildman–Crippen MR) is 81.4 cm³/mol. The summed E-state index contributed by atoms with van der Waals surface area (Å²) in [6, 6.07) is 10.3. The van der Waals surface area contributed by atoms with Crippen LogP contribution in [0.4, 0.5) is 0 Å². The average Bonchev–Trinajstić information content (AvgIpc) is 2.89. The van der Waals surface area contributed by atoms with Crippen LogP contribution in [0.3, 0.4) is 0 Å². The van der Waals surface area contributed by atoms with Gasteiger partial charge in [-0.25, -0.2) is 0 Å². The number of hydrogen-bond acceptors (Lipinski definition) is 3. The molecule has 2 aromatic rings. The predicted octanol–water partition coefficient (Wildman–Crippen LogP) is 2.01. The van der Waals surface area contributed by atoms with Crippen molar-refractivity contribution < 1.29 is 4.79 Å². The zero-order valence-corrected chi connectivity index (χ0v) is 12.4. The quantitative estimate of drug-likeness (QED) is 0.825. The number of nitrogens with one attached hydrogen (secondary N) is 1. The summed E-state index contributed by atoms with van der Waals surface area (Å²) in [5.74, 6) is 0.641. The average molecular weight is 284 g/mol. The molecule has 0 aliphatic rings. The fraction of sp³-hybridized carbons (Fsp3) is 0.312. The molecule has 110 valence electrons. The second-order valence-electron chi connectivity index (χ2n) is 5.05. The first-order valence-corrected chi connectivity index (χ1v) is 6.97. The first-order valence-electron chi connectivity index (χ1n) is 6.97. The van der Waals surface area contributed by atoms with E-state index in [1.54, 1.807) is 17.0 Å². The maximum absolute atomic E-state index is 11.8. The molecule has 21 heavy (non-hydrogen) atoms. The van der Waals surface area contributed by atoms with Crippen LogP contribution in [-0.4, -0.2) is 20.7 Å². The first-order chi connectivity index (χ1) is 10.1. The molecule has 0 radical (unpaired) electrons. The molecule has 1 amide bonds. The van der Waals surface area contributed by atoms with E-state index in [4.69, 9.17) is 0 Å². The summed E-state index contributed by atoms with van der Waals surface area (Å²) in [7, 11) is 1.85. The molecule has 5 heteroatoms. The van der Waals surface area contributed by atoms with Crippen molar-refractivity contribution in [2.45, 2.75) is 26.3 Å². The van der Waals surface area contributed by atoms with Gasteiger partial charge in [-0.05, 0) is 25.3 Å². The summed E-state index contributed by atoms with van der Waals surface area (Å²) >= 11 is 0. The molecule has 1 heterocycles. The van der Waals surface area contributed by atoms with Gasteiger partial charge in [0.15, 0.2) is 5.82 Å². The van der Waals surface area contributed by atoms with Gasteiger partial charge in [0.2, 0.25) is 5.91 Å². The van der Waals surface area contributed by atoms with E-state index >= 15 is 0 Å². The van der Waals surface area contributed by atoms with Crippen molar-refractivity contribution in [2.24, 2.45) is 7.05 Å². The summed E-state index contributed by atoms with van der Waals surface area (Å²) in [4.78, 5) is 11.8. The summed E-state index contributed by atoms with van der Waals surface area (Å²) in [6.07, 6.45) is 5.09. The third-order valence-electron chi connectivity index (χ3n) is 3.25. The van der Waals surface area contributed by atoms with E-state index in [1.165, 1.54) is 5.56 Å². The molecule has 0 fully saturated rings. The number of carbonyl (C=O) groups is 1. The van der Waals surface area contributed by atoms with Gasteiger partial charge in [0.05, 0.1) is 6.54 Å². The van der Waals surface area contributed by atoms with Crippen LogP contribution in [0.1, 0.15) is 24.7 Å². The standard InChI is InChI=1S/C16H20N4O/c1-13(8-9-14-6-4-3-5-7-14)10-16(21)17-11-15-19-18-12-20(15)2/h3-7,10,12H,8-9,11H2,1-2H3,(H,17,21)/b13-10-. The molecule has 1 aromatic carbocycles. The second kappa shape index (κ2) is 7.38. The SMILES string of the molecule is C/C(=C/C(=O)NCc1nncn1C)CCc1ccccc1. The molecule has 0 unspecified atom stereocenters. The van der Waals surface area contributed by atoms with Gasteiger partial charge in [-0.3, -0.25) is 4.79 Å². The van der Waals surface area contributed by atoms with Crippen LogP contribution in [0.5, 0.6) is 0 Å². The smallest absolute Gasteiger partial charge is 0.244 e. The van der Waals surface area contributed by atoms with Crippen molar-refractivity contribution >= 4 is 5.91 Å². The molecule has 2 rings (SSSR count). The molecule has 1 N–H and O–H groups in total. The van der Waals surface area contributed by atoms with Gasteiger partial charge in [-0.15, -0.1) is 10.2 Å². The highest BCUT2D eigenvalue weighted by Crippen LogP contribution is 2.08. The van der Waals surface area contributed by atoms with Crippen molar-refractivity contribution in [1.82, 2.24) is 20.1 Å². The Balaban J connectivity index is 1.78. The van der Waals surface area contributed by atoms with Gasteiger partial charge in [0.1, 0.15) is 6.33 Å². The fourth-order valence-electron chi connectivity index (χ4n) is 1.97. The van der Waals surface area contributed by atoms with E-state index in [0.717, 1.165) is 24.2 Å². The minimum atomic E-state index is -0.0939. The van der Waals surface area contributed by atoms with E-state index in [0.29, 0.717) is 6.54 Å². The lowest BCUT2D eigenvalue weighted by Crippen LogP contribution is -2.22. The molecule has 1 aromatic heterocycles. The molecule has 0 atom stereocenters. The Morgan fingerprint density at radius 2 is 2.10 bits per heavy atom. The maximum atomic E-state index is 11.8. The monoisotopic (exact) mass is 284 g/mol. The van der Waals surface area contributed by atoms with Crippen LogP contribution in [0.2, 0.25) is 0 Å². The maximum Gasteiger partial charge on any atom is 0.244 e. The fourth-order valence-corrected chi connectivity index (χ4v) is 1.97. The Kier molecular flexibility index (Phi) is 5.26. The minimum absolute atomic E-state index is 0.0939. The Hall–Kier alpha value is -2.43. The third kappa shape index (κ3) is 4.87. The Morgan fingerprint density at radius 3 is 2.76 bits per heavy atom. The molecule has 0 aliphatic carbocycles. The van der Waals surface area contributed by atoms with Crippen LogP contribution in [0.25, 0.3) is 0 Å². The van der Waals surface area contributed by atoms with E-state index < -0.39 is 0 Å². The first kappa shape index (κ1) is 15.0. The third-order valence-corrected chi connectivity index (χ3v) is 3.25. The molecule has 0 saturated heterocycles. The molecule has 0 aliphatic heterocycles. The lowest BCUT2D eigenvalue weighted by Gasteiger charge is -2.04. The number of amides is 1. The number of carbonyl (C=O) groups excluding carboxylic acids is 1. The molecular formula is C16H20N4O. The highest BCUT2D eigenvalue weighted by molar-refractivity contribution is 5.88. The van der Waals surface area contributed by atoms with Gasteiger partial charge >= 0.3 is 0 Å². The topological polar surface area (TPSA) is 59.8 Å². The Bertz CT molecular complexity index is 616. The summed E-state index contributed by atoms with van der Waals surface area (Å²) in [6.45, 7) is 2.36. The molecule has 0 saturated carbocycles. The van der Waals surface area contributed by atoms with Crippen LogP contribution in [0.15, 0.2) is 48.3 Å². The number of rotatable bonds is 6. The van der Waals surface area contributed by atoms with Crippen LogP contribution < -0.4 is 5.32 Å². The van der Waals surface area contributed by atoms with Crippen molar-refractivity contribution in [3.8, 4) is 0 Å². The number of benzene rings is 1. The molecule has 0 bridgehead atoms. The highest BCUT2D eigenvalue weighted by atomic mass is 16.1. The number of aromatic nitrogens is 3. The van der Waals surface area contributed by atoms with Crippen molar-refractivity contribution in [1.29, 1.82) is 0 Å². The number of hydrogen-bond donors (Lipinski definition) is 1. The Labute approximate surface area is 124 Å². The second-order valence-corrected chi connectivity index (χ2v) is 5.05. The van der Waals surface area contributed by atoms with Crippen LogP contribution in [0, 0.1) is 0 Å². The van der Waals surface area contributed by atoms with E-state index in [2.05, 4.69) is 27.6 Å². The summed E-state index contributed by atoms with van der Waals surface area (Å²) in [5, 5.41) is 10.5. The summed E-state index contributed by atoms with van der Waals surface area (Å²) in [5.41, 5.74) is 2.35. The largest absolute Gasteiger partial charge is 0.345 e. The van der Waals surface area contributed by atoms with Crippen molar-refractivity contribution in [3.63, 3.8) is 0 Å². The van der Waals surface area contributed by atoms with E-state index in [1.807, 2.05) is 32.2 Å². The van der Waals surface area contributed by atoms with Crippen LogP contribution in [-0.2, 0) is 24.8 Å². The van der Waals surface area contributed by atoms with E-state index in [-0.39, 0.29) is 5.91 Å². The number of nitrogens with zero attached hydrogens (tertiary/aromatic N) is 3. The van der Waals surface area contributed by atoms with Gasteiger partial charge in [-0.1, -0.05) is 35.9 Å². The lowest BCUT2D eigenvalue weighted by atomic mass is 10.1. The normalized spacial score (nSPS) is 11.4. The zero-order chi connectivity index (χ0) is 15.1. The summed E-state index contributed by atoms with van der Waals surface area (Å²) < 4.78 is 1.78. The van der Waals surface area contributed by atoms with Gasteiger partial charge in [0, 0.05) is 13.1 Å². The van der Waals surface area contributed by atoms with Gasteiger partial charge < -0.3 is 9.88 Å². The minimum Gasteiger partial charge on any atom is -0.345 e. The highest BCUT2D eigenvalue weighted by Gasteiger charge is 2.03. The molecule has 5 nitrogen and oxygen atoms in total. The van der Waals surface area contributed by atoms with Crippen LogP contribution >= 0.6 is 0 Å².